The number of hydrogen-bond donors (Lipinski definition) is 3. The summed E-state index contributed by atoms with van der Waals surface area (Å²) in [6.45, 7) is 0.214. The van der Waals surface area contributed by atoms with Crippen molar-refractivity contribution < 1.29 is 17.6 Å². The Hall–Kier alpha value is -2.79. The van der Waals surface area contributed by atoms with E-state index in [0.29, 0.717) is 36.1 Å². The molecule has 1 aliphatic heterocycles. The fourth-order valence-corrected chi connectivity index (χ4v) is 3.35. The third kappa shape index (κ3) is 4.46. The number of aromatic amines is 1. The molecular weight excluding hydrogens is 416 g/mol. The molecule has 0 aliphatic carbocycles. The number of alkyl halides is 3. The molecule has 0 amide bonds. The third-order valence-electron chi connectivity index (χ3n) is 4.53. The van der Waals surface area contributed by atoms with E-state index in [1.807, 2.05) is 0 Å². The molecule has 1 aliphatic rings. The lowest BCUT2D eigenvalue weighted by molar-refractivity contribution is -0.138. The van der Waals surface area contributed by atoms with Gasteiger partial charge in [0.2, 0.25) is 0 Å². The minimum Gasteiger partial charge on any atom is -0.399 e. The highest BCUT2D eigenvalue weighted by Gasteiger charge is 2.34. The summed E-state index contributed by atoms with van der Waals surface area (Å²) in [5, 5.41) is 6.99. The van der Waals surface area contributed by atoms with Crippen LogP contribution in [0.1, 0.15) is 17.5 Å². The number of benzene rings is 1. The Morgan fingerprint density at radius 1 is 1.34 bits per heavy atom. The van der Waals surface area contributed by atoms with Gasteiger partial charge in [-0.3, -0.25) is 4.79 Å². The molecule has 7 nitrogen and oxygen atoms in total. The number of hydrogen-bond acceptors (Lipinski definition) is 6. The summed E-state index contributed by atoms with van der Waals surface area (Å²) in [6, 6.07) is 2.43. The van der Waals surface area contributed by atoms with Gasteiger partial charge in [-0.2, -0.15) is 18.3 Å². The topological polar surface area (TPSA) is 104 Å². The van der Waals surface area contributed by atoms with E-state index in [9.17, 15) is 22.4 Å². The largest absolute Gasteiger partial charge is 0.416 e. The lowest BCUT2D eigenvalue weighted by Gasteiger charge is -2.34. The number of rotatable bonds is 4. The van der Waals surface area contributed by atoms with E-state index in [1.165, 1.54) is 6.20 Å². The average Bonchev–Trinajstić information content (AvgIpc) is 2.64. The smallest absolute Gasteiger partial charge is 0.399 e. The highest BCUT2D eigenvalue weighted by molar-refractivity contribution is 6.33. The Balaban J connectivity index is 1.82. The Morgan fingerprint density at radius 3 is 2.72 bits per heavy atom. The van der Waals surface area contributed by atoms with Gasteiger partial charge < -0.3 is 15.6 Å². The normalized spacial score (nSPS) is 15.0. The monoisotopic (exact) mass is 432 g/mol. The second-order valence-electron chi connectivity index (χ2n) is 6.47. The first-order valence-corrected chi connectivity index (χ1v) is 8.79. The van der Waals surface area contributed by atoms with E-state index in [2.05, 4.69) is 10.2 Å². The summed E-state index contributed by atoms with van der Waals surface area (Å²) in [7, 11) is 0. The van der Waals surface area contributed by atoms with Gasteiger partial charge in [0.25, 0.3) is 5.56 Å². The van der Waals surface area contributed by atoms with Crippen molar-refractivity contribution in [1.29, 1.82) is 0 Å². The summed E-state index contributed by atoms with van der Waals surface area (Å²) < 4.78 is 52.9. The molecule has 2 heterocycles. The van der Waals surface area contributed by atoms with Crippen LogP contribution in [-0.4, -0.2) is 28.3 Å². The minimum atomic E-state index is -4.72. The van der Waals surface area contributed by atoms with Crippen LogP contribution >= 0.6 is 11.6 Å². The van der Waals surface area contributed by atoms with E-state index in [4.69, 9.17) is 23.2 Å². The van der Waals surface area contributed by atoms with Crippen molar-refractivity contribution in [2.75, 3.05) is 18.0 Å². The summed E-state index contributed by atoms with van der Waals surface area (Å²) in [5.41, 5.74) is 5.42. The molecule has 1 aromatic carbocycles. The molecule has 0 fully saturated rings. The zero-order chi connectivity index (χ0) is 21.3. The van der Waals surface area contributed by atoms with Crippen LogP contribution in [0.15, 0.2) is 40.6 Å². The van der Waals surface area contributed by atoms with Gasteiger partial charge in [0.05, 0.1) is 36.2 Å². The van der Waals surface area contributed by atoms with E-state index in [-0.39, 0.29) is 23.7 Å². The van der Waals surface area contributed by atoms with Crippen LogP contribution in [-0.2, 0) is 12.7 Å². The van der Waals surface area contributed by atoms with Gasteiger partial charge in [-0.1, -0.05) is 17.7 Å². The van der Waals surface area contributed by atoms with Crippen molar-refractivity contribution in [3.63, 3.8) is 0 Å². The lowest BCUT2D eigenvalue weighted by atomic mass is 10.1. The number of nitrogens with one attached hydrogen (secondary N) is 1. The maximum absolute atomic E-state index is 13.3. The van der Waals surface area contributed by atoms with Gasteiger partial charge in [0.1, 0.15) is 10.8 Å². The quantitative estimate of drug-likeness (QED) is 0.389. The zero-order valence-electron chi connectivity index (χ0n) is 14.9. The van der Waals surface area contributed by atoms with Crippen molar-refractivity contribution in [2.45, 2.75) is 19.1 Å². The van der Waals surface area contributed by atoms with Crippen LogP contribution in [0, 0.1) is 5.82 Å². The molecule has 0 radical (unpaired) electrons. The molecule has 29 heavy (non-hydrogen) atoms. The van der Waals surface area contributed by atoms with Crippen LogP contribution in [0.4, 0.5) is 23.2 Å². The molecule has 0 unspecified atom stereocenters. The Morgan fingerprint density at radius 2 is 2.07 bits per heavy atom. The van der Waals surface area contributed by atoms with Crippen molar-refractivity contribution in [1.82, 2.24) is 15.2 Å². The van der Waals surface area contributed by atoms with E-state index >= 15 is 0 Å². The average molecular weight is 433 g/mol. The molecular formula is C17H17ClF4N6O. The molecule has 3 rings (SSSR count). The number of nitrogens with two attached hydrogens (primary N) is 2. The first-order valence-electron chi connectivity index (χ1n) is 8.41. The maximum Gasteiger partial charge on any atom is 0.416 e. The van der Waals surface area contributed by atoms with Gasteiger partial charge in [0, 0.05) is 18.7 Å². The second-order valence-corrected chi connectivity index (χ2v) is 6.85. The standard InChI is InChI=1S/C17H17ClF4N6O/c18-15-14(6-25-26-16(15)29)27-4-3-13(12(23)8-27)28(24)7-9-1-2-10(19)5-11(9)17(20,21)22/h1-2,5-6H,3-4,7-8,23-24H2,(H,26,29). The van der Waals surface area contributed by atoms with Gasteiger partial charge >= 0.3 is 6.18 Å². The van der Waals surface area contributed by atoms with Crippen LogP contribution < -0.4 is 22.0 Å². The van der Waals surface area contributed by atoms with Crippen LogP contribution in [0.25, 0.3) is 0 Å². The summed E-state index contributed by atoms with van der Waals surface area (Å²) in [6.07, 6.45) is -3.03. The highest BCUT2D eigenvalue weighted by atomic mass is 35.5. The number of nitrogens with zero attached hydrogens (tertiary/aromatic N) is 3. The molecule has 0 bridgehead atoms. The van der Waals surface area contributed by atoms with Crippen LogP contribution in [0.3, 0.4) is 0 Å². The predicted octanol–water partition coefficient (Wildman–Crippen LogP) is 2.34. The number of aromatic nitrogens is 2. The first-order chi connectivity index (χ1) is 13.6. The molecule has 5 N–H and O–H groups in total. The van der Waals surface area contributed by atoms with Gasteiger partial charge in [-0.25, -0.2) is 15.3 Å². The van der Waals surface area contributed by atoms with Gasteiger partial charge in [-0.15, -0.1) is 0 Å². The Labute approximate surface area is 167 Å². The van der Waals surface area contributed by atoms with Gasteiger partial charge in [-0.05, 0) is 17.7 Å². The second kappa shape index (κ2) is 7.91. The molecule has 0 spiro atoms. The molecule has 0 atom stereocenters. The molecule has 0 saturated carbocycles. The fourth-order valence-electron chi connectivity index (χ4n) is 3.14. The maximum atomic E-state index is 13.3. The zero-order valence-corrected chi connectivity index (χ0v) is 15.7. The fraction of sp³-hybridized carbons (Fsp3) is 0.294. The third-order valence-corrected chi connectivity index (χ3v) is 4.90. The van der Waals surface area contributed by atoms with Gasteiger partial charge in [0.15, 0.2) is 0 Å². The van der Waals surface area contributed by atoms with E-state index < -0.39 is 23.1 Å². The van der Waals surface area contributed by atoms with Crippen molar-refractivity contribution in [2.24, 2.45) is 11.6 Å². The SMILES string of the molecule is NC1=C(N(N)Cc2ccc(F)cc2C(F)(F)F)CCN(c2cn[nH]c(=O)c2Cl)C1. The molecule has 12 heteroatoms. The predicted molar refractivity (Wildman–Crippen MR) is 99.0 cm³/mol. The number of H-pyrrole nitrogens is 1. The number of hydrazine groups is 1. The Bertz CT molecular complexity index is 1010. The Kier molecular flexibility index (Phi) is 5.71. The molecule has 2 aromatic rings. The molecule has 0 saturated heterocycles. The van der Waals surface area contributed by atoms with E-state index in [1.54, 1.807) is 4.90 Å². The van der Waals surface area contributed by atoms with Crippen molar-refractivity contribution >= 4 is 17.3 Å². The summed E-state index contributed by atoms with van der Waals surface area (Å²) in [5.74, 6) is 5.00. The number of halogens is 5. The lowest BCUT2D eigenvalue weighted by Crippen LogP contribution is -2.42. The molecule has 1 aromatic heterocycles. The van der Waals surface area contributed by atoms with Crippen molar-refractivity contribution in [3.8, 4) is 0 Å². The molecule has 156 valence electrons. The minimum absolute atomic E-state index is 0.0398. The van der Waals surface area contributed by atoms with Crippen LogP contribution in [0.2, 0.25) is 5.02 Å². The van der Waals surface area contributed by atoms with E-state index in [0.717, 1.165) is 17.1 Å². The highest BCUT2D eigenvalue weighted by Crippen LogP contribution is 2.34. The summed E-state index contributed by atoms with van der Waals surface area (Å²) in [4.78, 5) is 13.3. The number of anilines is 1. The first kappa shape index (κ1) is 20.9. The van der Waals surface area contributed by atoms with Crippen LogP contribution in [0.5, 0.6) is 0 Å². The van der Waals surface area contributed by atoms with Crippen molar-refractivity contribution in [3.05, 3.63) is 68.1 Å². The summed E-state index contributed by atoms with van der Waals surface area (Å²) >= 11 is 6.00.